The zero-order valence-corrected chi connectivity index (χ0v) is 10.6. The maximum Gasteiger partial charge on any atom is 0.228 e. The molecule has 0 spiro atoms. The third-order valence-electron chi connectivity index (χ3n) is 2.40. The minimum atomic E-state index is -0.0856. The van der Waals surface area contributed by atoms with E-state index >= 15 is 0 Å². The first-order valence-electron chi connectivity index (χ1n) is 4.71. The van der Waals surface area contributed by atoms with Crippen LogP contribution in [0.15, 0.2) is 10.8 Å². The number of anilines is 1. The lowest BCUT2D eigenvalue weighted by Gasteiger charge is -2.15. The van der Waals surface area contributed by atoms with Crippen molar-refractivity contribution < 1.29 is 9.90 Å². The summed E-state index contributed by atoms with van der Waals surface area (Å²) in [4.78, 5) is 21.1. The summed E-state index contributed by atoms with van der Waals surface area (Å²) in [5, 5.41) is 9.19. The van der Waals surface area contributed by atoms with E-state index < -0.39 is 0 Å². The van der Waals surface area contributed by atoms with Gasteiger partial charge in [0.1, 0.15) is 4.60 Å². The summed E-state index contributed by atoms with van der Waals surface area (Å²) in [6, 6.07) is 0. The van der Waals surface area contributed by atoms with E-state index in [1.54, 1.807) is 0 Å². The smallest absolute Gasteiger partial charge is 0.228 e. The van der Waals surface area contributed by atoms with Crippen molar-refractivity contribution in [1.29, 1.82) is 0 Å². The minimum Gasteiger partial charge on any atom is -0.396 e. The normalized spacial score (nSPS) is 20.6. The summed E-state index contributed by atoms with van der Waals surface area (Å²) in [7, 11) is 0. The van der Waals surface area contributed by atoms with Crippen molar-refractivity contribution in [3.05, 3.63) is 16.0 Å². The highest BCUT2D eigenvalue weighted by Gasteiger charge is 2.32. The molecule has 86 valence electrons. The van der Waals surface area contributed by atoms with E-state index in [-0.39, 0.29) is 23.6 Å². The molecule has 1 aliphatic heterocycles. The number of nitrogens with zero attached hydrogens (tertiary/aromatic N) is 3. The van der Waals surface area contributed by atoms with Crippen molar-refractivity contribution >= 4 is 39.3 Å². The Morgan fingerprint density at radius 3 is 3.00 bits per heavy atom. The van der Waals surface area contributed by atoms with Crippen molar-refractivity contribution in [2.45, 2.75) is 6.42 Å². The molecule has 1 aliphatic rings. The number of halogens is 2. The third kappa shape index (κ3) is 2.18. The minimum absolute atomic E-state index is 0.0101. The SMILES string of the molecule is O=C1CC(CO)CN1c1ncc(Br)nc1Cl. The fourth-order valence-corrected chi connectivity index (χ4v) is 2.25. The molecule has 0 aliphatic carbocycles. The van der Waals surface area contributed by atoms with Crippen LogP contribution in [0.25, 0.3) is 0 Å². The van der Waals surface area contributed by atoms with Crippen molar-refractivity contribution in [2.75, 3.05) is 18.1 Å². The summed E-state index contributed by atoms with van der Waals surface area (Å²) in [5.41, 5.74) is 0. The van der Waals surface area contributed by atoms with Gasteiger partial charge in [0.15, 0.2) is 11.0 Å². The average molecular weight is 307 g/mol. The first-order valence-corrected chi connectivity index (χ1v) is 5.88. The monoisotopic (exact) mass is 305 g/mol. The summed E-state index contributed by atoms with van der Waals surface area (Å²) in [6.07, 6.45) is 1.81. The second-order valence-electron chi connectivity index (χ2n) is 3.56. The number of carbonyl (C=O) groups excluding carboxylic acids is 1. The molecule has 0 aromatic carbocycles. The fraction of sp³-hybridized carbons (Fsp3) is 0.444. The topological polar surface area (TPSA) is 66.3 Å². The van der Waals surface area contributed by atoms with E-state index in [1.165, 1.54) is 11.1 Å². The van der Waals surface area contributed by atoms with Gasteiger partial charge < -0.3 is 5.11 Å². The van der Waals surface area contributed by atoms with Gasteiger partial charge in [-0.25, -0.2) is 9.97 Å². The Bertz CT molecular complexity index is 429. The number of aromatic nitrogens is 2. The van der Waals surface area contributed by atoms with Gasteiger partial charge in [0, 0.05) is 25.5 Å². The predicted octanol–water partition coefficient (Wildman–Crippen LogP) is 1.24. The fourth-order valence-electron chi connectivity index (χ4n) is 1.63. The van der Waals surface area contributed by atoms with Crippen LogP contribution in [-0.4, -0.2) is 34.1 Å². The Kier molecular flexibility index (Phi) is 3.41. The maximum atomic E-state index is 11.7. The van der Waals surface area contributed by atoms with Crippen LogP contribution in [0.3, 0.4) is 0 Å². The quantitative estimate of drug-likeness (QED) is 0.893. The molecular weight excluding hydrogens is 297 g/mol. The standard InChI is InChI=1S/C9H9BrClN3O2/c10-6-2-12-9(8(11)13-6)14-3-5(4-15)1-7(14)16/h2,5,15H,1,3-4H2. The Morgan fingerprint density at radius 1 is 1.69 bits per heavy atom. The van der Waals surface area contributed by atoms with E-state index in [2.05, 4.69) is 25.9 Å². The van der Waals surface area contributed by atoms with Crippen molar-refractivity contribution in [1.82, 2.24) is 9.97 Å². The zero-order valence-electron chi connectivity index (χ0n) is 8.23. The second-order valence-corrected chi connectivity index (χ2v) is 4.73. The Balaban J connectivity index is 2.28. The highest BCUT2D eigenvalue weighted by atomic mass is 79.9. The number of hydrogen-bond donors (Lipinski definition) is 1. The van der Waals surface area contributed by atoms with Crippen LogP contribution in [0, 0.1) is 5.92 Å². The maximum absolute atomic E-state index is 11.7. The molecule has 7 heteroatoms. The molecule has 2 heterocycles. The number of amides is 1. The number of rotatable bonds is 2. The predicted molar refractivity (Wildman–Crippen MR) is 62.3 cm³/mol. The van der Waals surface area contributed by atoms with Crippen LogP contribution in [0.1, 0.15) is 6.42 Å². The molecule has 1 saturated heterocycles. The first-order chi connectivity index (χ1) is 7.61. The second kappa shape index (κ2) is 4.65. The molecule has 1 atom stereocenters. The van der Waals surface area contributed by atoms with Gasteiger partial charge >= 0.3 is 0 Å². The summed E-state index contributed by atoms with van der Waals surface area (Å²) < 4.78 is 0.520. The molecule has 0 saturated carbocycles. The lowest BCUT2D eigenvalue weighted by molar-refractivity contribution is -0.117. The van der Waals surface area contributed by atoms with Crippen LogP contribution in [0.2, 0.25) is 5.15 Å². The number of hydrogen-bond acceptors (Lipinski definition) is 4. The van der Waals surface area contributed by atoms with Crippen LogP contribution in [0.5, 0.6) is 0 Å². The van der Waals surface area contributed by atoms with E-state index in [0.717, 1.165) is 0 Å². The van der Waals surface area contributed by atoms with Gasteiger partial charge in [-0.15, -0.1) is 0 Å². The van der Waals surface area contributed by atoms with Crippen LogP contribution in [-0.2, 0) is 4.79 Å². The van der Waals surface area contributed by atoms with E-state index in [9.17, 15) is 4.79 Å². The molecule has 1 unspecified atom stereocenters. The number of aliphatic hydroxyl groups is 1. The summed E-state index contributed by atoms with van der Waals surface area (Å²) in [6.45, 7) is 0.426. The van der Waals surface area contributed by atoms with E-state index in [1.807, 2.05) is 0 Å². The first kappa shape index (κ1) is 11.8. The molecule has 16 heavy (non-hydrogen) atoms. The van der Waals surface area contributed by atoms with Crippen LogP contribution < -0.4 is 4.90 Å². The van der Waals surface area contributed by atoms with Gasteiger partial charge in [-0.1, -0.05) is 11.6 Å². The van der Waals surface area contributed by atoms with Gasteiger partial charge in [-0.3, -0.25) is 9.69 Å². The van der Waals surface area contributed by atoms with Crippen molar-refractivity contribution in [2.24, 2.45) is 5.92 Å². The van der Waals surface area contributed by atoms with Gasteiger partial charge in [-0.05, 0) is 15.9 Å². The Morgan fingerprint density at radius 2 is 2.44 bits per heavy atom. The number of aliphatic hydroxyl groups excluding tert-OH is 1. The highest BCUT2D eigenvalue weighted by molar-refractivity contribution is 9.10. The van der Waals surface area contributed by atoms with Crippen LogP contribution >= 0.6 is 27.5 Å². The highest BCUT2D eigenvalue weighted by Crippen LogP contribution is 2.28. The summed E-state index contributed by atoms with van der Waals surface area (Å²) in [5.74, 6) is 0.220. The van der Waals surface area contributed by atoms with Gasteiger partial charge in [0.25, 0.3) is 0 Å². The van der Waals surface area contributed by atoms with Gasteiger partial charge in [-0.2, -0.15) is 0 Å². The molecule has 1 amide bonds. The molecule has 0 bridgehead atoms. The van der Waals surface area contributed by atoms with Crippen molar-refractivity contribution in [3.8, 4) is 0 Å². The Hall–Kier alpha value is -0.720. The molecular formula is C9H9BrClN3O2. The van der Waals surface area contributed by atoms with Gasteiger partial charge in [0.2, 0.25) is 5.91 Å². The van der Waals surface area contributed by atoms with E-state index in [0.29, 0.717) is 23.4 Å². The van der Waals surface area contributed by atoms with Gasteiger partial charge in [0.05, 0.1) is 6.20 Å². The lowest BCUT2D eigenvalue weighted by Crippen LogP contribution is -2.26. The third-order valence-corrected chi connectivity index (χ3v) is 3.04. The summed E-state index contributed by atoms with van der Waals surface area (Å²) >= 11 is 9.05. The molecule has 2 rings (SSSR count). The zero-order chi connectivity index (χ0) is 11.7. The largest absolute Gasteiger partial charge is 0.396 e. The molecule has 1 aromatic heterocycles. The van der Waals surface area contributed by atoms with Crippen LogP contribution in [0.4, 0.5) is 5.82 Å². The lowest BCUT2D eigenvalue weighted by atomic mass is 10.1. The molecule has 0 radical (unpaired) electrons. The van der Waals surface area contributed by atoms with Crippen molar-refractivity contribution in [3.63, 3.8) is 0 Å². The molecule has 1 fully saturated rings. The average Bonchev–Trinajstić information content (AvgIpc) is 2.60. The molecule has 1 N–H and O–H groups in total. The molecule has 1 aromatic rings. The molecule has 5 nitrogen and oxygen atoms in total. The van der Waals surface area contributed by atoms with E-state index in [4.69, 9.17) is 16.7 Å². The Labute approximate surface area is 106 Å². The number of carbonyl (C=O) groups is 1.